The molecule has 30 heavy (non-hydrogen) atoms. The number of rotatable bonds is 6. The number of hydrogen-bond acceptors (Lipinski definition) is 4. The van der Waals surface area contributed by atoms with Gasteiger partial charge >= 0.3 is 0 Å². The van der Waals surface area contributed by atoms with Gasteiger partial charge in [0, 0.05) is 16.3 Å². The van der Waals surface area contributed by atoms with Crippen LogP contribution in [0.25, 0.3) is 0 Å². The largest absolute Gasteiger partial charge is 0.493 e. The van der Waals surface area contributed by atoms with E-state index in [2.05, 4.69) is 48.0 Å². The molecule has 2 heterocycles. The average molecular weight is 420 g/mol. The molecule has 0 saturated heterocycles. The highest BCUT2D eigenvalue weighted by Crippen LogP contribution is 2.55. The number of hydrogen-bond donors (Lipinski definition) is 1. The zero-order valence-corrected chi connectivity index (χ0v) is 18.6. The van der Waals surface area contributed by atoms with E-state index in [9.17, 15) is 0 Å². The average Bonchev–Trinajstić information content (AvgIpc) is 3.18. The summed E-state index contributed by atoms with van der Waals surface area (Å²) in [4.78, 5) is 1.46. The van der Waals surface area contributed by atoms with E-state index in [0.29, 0.717) is 12.6 Å². The first-order chi connectivity index (χ1) is 14.7. The summed E-state index contributed by atoms with van der Waals surface area (Å²) in [5.74, 6) is 1.67. The molecule has 1 saturated carbocycles. The molecule has 0 amide bonds. The first kappa shape index (κ1) is 19.7. The van der Waals surface area contributed by atoms with Crippen LogP contribution in [-0.2, 0) is 18.4 Å². The summed E-state index contributed by atoms with van der Waals surface area (Å²) in [5.41, 5.74) is 5.67. The molecular formula is C26H29NO2S. The lowest BCUT2D eigenvalue weighted by Crippen LogP contribution is -2.49. The first-order valence-electron chi connectivity index (χ1n) is 10.9. The highest BCUT2D eigenvalue weighted by Gasteiger charge is 2.48. The molecule has 156 valence electrons. The normalized spacial score (nSPS) is 19.6. The molecule has 0 radical (unpaired) electrons. The van der Waals surface area contributed by atoms with Gasteiger partial charge < -0.3 is 14.8 Å². The lowest BCUT2D eigenvalue weighted by molar-refractivity contribution is 0.164. The van der Waals surface area contributed by atoms with Gasteiger partial charge in [0.25, 0.3) is 0 Å². The van der Waals surface area contributed by atoms with Crippen LogP contribution < -0.4 is 14.8 Å². The number of thiophene rings is 1. The maximum atomic E-state index is 6.26. The Labute approximate surface area is 183 Å². The third kappa shape index (κ3) is 3.32. The lowest BCUT2D eigenvalue weighted by Gasteiger charge is -2.50. The number of fused-ring (bicyclic) bond motifs is 1. The van der Waals surface area contributed by atoms with E-state index in [1.807, 2.05) is 29.5 Å². The minimum Gasteiger partial charge on any atom is -0.493 e. The molecule has 3 nitrogen and oxygen atoms in total. The van der Waals surface area contributed by atoms with Crippen LogP contribution in [0.3, 0.4) is 0 Å². The molecule has 0 bridgehead atoms. The first-order valence-corrected chi connectivity index (χ1v) is 11.7. The van der Waals surface area contributed by atoms with Gasteiger partial charge in [0.1, 0.15) is 6.61 Å². The van der Waals surface area contributed by atoms with Crippen molar-refractivity contribution in [2.45, 2.75) is 50.7 Å². The summed E-state index contributed by atoms with van der Waals surface area (Å²) >= 11 is 1.87. The second-order valence-electron chi connectivity index (χ2n) is 8.51. The fraction of sp³-hybridized carbons (Fsp3) is 0.385. The van der Waals surface area contributed by atoms with E-state index in [0.717, 1.165) is 30.0 Å². The molecule has 1 N–H and O–H groups in total. The van der Waals surface area contributed by atoms with Gasteiger partial charge in [-0.1, -0.05) is 36.8 Å². The predicted octanol–water partition coefficient (Wildman–Crippen LogP) is 5.95. The second-order valence-corrected chi connectivity index (χ2v) is 9.63. The van der Waals surface area contributed by atoms with Gasteiger partial charge in [0.2, 0.25) is 0 Å². The standard InChI is InChI=1S/C26H29NO2S/c1-18-22(10-14-30-18)26(11-6-12-26)25-21-16-24(29-17-19-7-4-3-5-8-19)23(28-2)15-20(21)9-13-27-25/h3-5,7-8,10,14-16,25,27H,6,9,11-13,17H2,1-2H3. The number of benzene rings is 2. The Bertz CT molecular complexity index is 1020. The number of ether oxygens (including phenoxy) is 2. The van der Waals surface area contributed by atoms with Crippen LogP contribution in [0.1, 0.15) is 52.4 Å². The van der Waals surface area contributed by atoms with Gasteiger partial charge in [0.05, 0.1) is 7.11 Å². The Morgan fingerprint density at radius 1 is 1.10 bits per heavy atom. The maximum absolute atomic E-state index is 6.26. The van der Waals surface area contributed by atoms with Crippen molar-refractivity contribution in [3.8, 4) is 11.5 Å². The van der Waals surface area contributed by atoms with Crippen molar-refractivity contribution in [2.75, 3.05) is 13.7 Å². The van der Waals surface area contributed by atoms with Crippen molar-refractivity contribution in [3.63, 3.8) is 0 Å². The van der Waals surface area contributed by atoms with Gasteiger partial charge in [-0.15, -0.1) is 11.3 Å². The molecule has 1 unspecified atom stereocenters. The van der Waals surface area contributed by atoms with Gasteiger partial charge in [-0.2, -0.15) is 0 Å². The van der Waals surface area contributed by atoms with Gasteiger partial charge in [0.15, 0.2) is 11.5 Å². The van der Waals surface area contributed by atoms with Crippen LogP contribution in [0, 0.1) is 6.92 Å². The summed E-state index contributed by atoms with van der Waals surface area (Å²) in [6.07, 6.45) is 4.82. The number of methoxy groups -OCH3 is 1. The van der Waals surface area contributed by atoms with Gasteiger partial charge in [-0.05, 0) is 78.6 Å². The summed E-state index contributed by atoms with van der Waals surface area (Å²) in [5, 5.41) is 6.13. The molecule has 1 atom stereocenters. The van der Waals surface area contributed by atoms with Crippen molar-refractivity contribution >= 4 is 11.3 Å². The predicted molar refractivity (Wildman–Crippen MR) is 123 cm³/mol. The van der Waals surface area contributed by atoms with Crippen molar-refractivity contribution in [1.29, 1.82) is 0 Å². The maximum Gasteiger partial charge on any atom is 0.162 e. The Hall–Kier alpha value is -2.30. The lowest BCUT2D eigenvalue weighted by atomic mass is 9.58. The molecule has 2 aromatic carbocycles. The summed E-state index contributed by atoms with van der Waals surface area (Å²) in [6.45, 7) is 3.82. The van der Waals surface area contributed by atoms with E-state index < -0.39 is 0 Å². The molecule has 4 heteroatoms. The quantitative estimate of drug-likeness (QED) is 0.535. The van der Waals surface area contributed by atoms with Crippen molar-refractivity contribution in [1.82, 2.24) is 5.32 Å². The topological polar surface area (TPSA) is 30.5 Å². The Morgan fingerprint density at radius 2 is 1.93 bits per heavy atom. The molecule has 0 spiro atoms. The molecule has 5 rings (SSSR count). The van der Waals surface area contributed by atoms with Crippen LogP contribution in [0.5, 0.6) is 11.5 Å². The molecule has 1 fully saturated rings. The van der Waals surface area contributed by atoms with E-state index in [1.165, 1.54) is 40.8 Å². The molecule has 1 aliphatic carbocycles. The minimum absolute atomic E-state index is 0.199. The summed E-state index contributed by atoms with van der Waals surface area (Å²) < 4.78 is 12.0. The zero-order valence-electron chi connectivity index (χ0n) is 17.7. The molecular weight excluding hydrogens is 390 g/mol. The molecule has 3 aromatic rings. The van der Waals surface area contributed by atoms with E-state index in [1.54, 1.807) is 7.11 Å². The SMILES string of the molecule is COc1cc2c(cc1OCc1ccccc1)C(C1(c3ccsc3C)CCC1)NCC2. The van der Waals surface area contributed by atoms with E-state index in [4.69, 9.17) is 9.47 Å². The highest BCUT2D eigenvalue weighted by molar-refractivity contribution is 7.10. The molecule has 1 aliphatic heterocycles. The fourth-order valence-corrected chi connectivity index (χ4v) is 6.04. The third-order valence-corrected chi connectivity index (χ3v) is 7.76. The highest BCUT2D eigenvalue weighted by atomic mass is 32.1. The third-order valence-electron chi connectivity index (χ3n) is 6.91. The van der Waals surface area contributed by atoms with Crippen molar-refractivity contribution in [2.24, 2.45) is 0 Å². The Kier molecular flexibility index (Phi) is 5.30. The van der Waals surface area contributed by atoms with Crippen LogP contribution in [0.4, 0.5) is 0 Å². The number of aryl methyl sites for hydroxylation is 1. The van der Waals surface area contributed by atoms with Crippen LogP contribution in [-0.4, -0.2) is 13.7 Å². The van der Waals surface area contributed by atoms with Crippen LogP contribution in [0.15, 0.2) is 53.9 Å². The van der Waals surface area contributed by atoms with Gasteiger partial charge in [-0.3, -0.25) is 0 Å². The zero-order chi connectivity index (χ0) is 20.6. The van der Waals surface area contributed by atoms with Gasteiger partial charge in [-0.25, -0.2) is 0 Å². The fourth-order valence-electron chi connectivity index (χ4n) is 5.24. The Morgan fingerprint density at radius 3 is 2.60 bits per heavy atom. The van der Waals surface area contributed by atoms with Crippen LogP contribution in [0.2, 0.25) is 0 Å². The number of nitrogens with one attached hydrogen (secondary N) is 1. The van der Waals surface area contributed by atoms with Crippen molar-refractivity contribution < 1.29 is 9.47 Å². The van der Waals surface area contributed by atoms with Crippen LogP contribution >= 0.6 is 11.3 Å². The monoisotopic (exact) mass is 419 g/mol. The smallest absolute Gasteiger partial charge is 0.162 e. The van der Waals surface area contributed by atoms with E-state index >= 15 is 0 Å². The summed E-state index contributed by atoms with van der Waals surface area (Å²) in [6, 6.07) is 17.4. The minimum atomic E-state index is 0.199. The Balaban J connectivity index is 1.52. The summed E-state index contributed by atoms with van der Waals surface area (Å²) in [7, 11) is 1.73. The molecule has 2 aliphatic rings. The van der Waals surface area contributed by atoms with E-state index in [-0.39, 0.29) is 5.41 Å². The second kappa shape index (κ2) is 8.09. The molecule has 1 aromatic heterocycles. The van der Waals surface area contributed by atoms with Crippen molar-refractivity contribution in [3.05, 3.63) is 81.0 Å².